The summed E-state index contributed by atoms with van der Waals surface area (Å²) in [6.45, 7) is 3.72. The lowest BCUT2D eigenvalue weighted by Gasteiger charge is -2.13. The van der Waals surface area contributed by atoms with E-state index in [1.807, 2.05) is 24.4 Å². The topological polar surface area (TPSA) is 97.3 Å². The summed E-state index contributed by atoms with van der Waals surface area (Å²) in [7, 11) is -3.91. The molecule has 0 atom stereocenters. The second-order valence-electron chi connectivity index (χ2n) is 6.55. The second-order valence-corrected chi connectivity index (χ2v) is 9.27. The normalized spacial score (nSPS) is 11.2. The highest BCUT2D eigenvalue weighted by Gasteiger charge is 2.18. The van der Waals surface area contributed by atoms with E-state index in [1.165, 1.54) is 34.1 Å². The van der Waals surface area contributed by atoms with Crippen LogP contribution >= 0.6 is 11.3 Å². The van der Waals surface area contributed by atoms with E-state index in [2.05, 4.69) is 10.0 Å². The Hall–Kier alpha value is -2.91. The van der Waals surface area contributed by atoms with Crippen LogP contribution in [0.15, 0.2) is 63.6 Å². The number of anilines is 1. The van der Waals surface area contributed by atoms with Crippen LogP contribution < -0.4 is 15.6 Å². The summed E-state index contributed by atoms with van der Waals surface area (Å²) >= 11 is 1.53. The summed E-state index contributed by atoms with van der Waals surface area (Å²) < 4.78 is 28.7. The van der Waals surface area contributed by atoms with Gasteiger partial charge in [-0.1, -0.05) is 23.8 Å². The smallest absolute Gasteiger partial charge is 0.275 e. The molecule has 29 heavy (non-hydrogen) atoms. The molecule has 0 saturated carbocycles. The highest BCUT2D eigenvalue weighted by atomic mass is 32.2. The Bertz CT molecular complexity index is 1170. The summed E-state index contributed by atoms with van der Waals surface area (Å²) in [5, 5.41) is 4.68. The van der Waals surface area contributed by atoms with Gasteiger partial charge in [0.25, 0.3) is 15.6 Å². The van der Waals surface area contributed by atoms with Crippen LogP contribution in [0.2, 0.25) is 0 Å². The van der Waals surface area contributed by atoms with Gasteiger partial charge in [-0.25, -0.2) is 8.42 Å². The van der Waals surface area contributed by atoms with E-state index in [-0.39, 0.29) is 23.0 Å². The molecule has 0 radical (unpaired) electrons. The zero-order chi connectivity index (χ0) is 21.0. The summed E-state index contributed by atoms with van der Waals surface area (Å²) in [6.07, 6.45) is 0. The number of hydrogen-bond acceptors (Lipinski definition) is 5. The Morgan fingerprint density at radius 1 is 1.07 bits per heavy atom. The van der Waals surface area contributed by atoms with E-state index in [0.29, 0.717) is 12.2 Å². The molecule has 2 aromatic heterocycles. The molecule has 1 amide bonds. The molecule has 0 saturated heterocycles. The quantitative estimate of drug-likeness (QED) is 0.601. The summed E-state index contributed by atoms with van der Waals surface area (Å²) in [6, 6.07) is 13.1. The Labute approximate surface area is 173 Å². The molecule has 7 nitrogen and oxygen atoms in total. The third-order valence-electron chi connectivity index (χ3n) is 4.31. The first-order valence-electron chi connectivity index (χ1n) is 8.85. The van der Waals surface area contributed by atoms with Gasteiger partial charge in [-0.2, -0.15) is 0 Å². The first-order valence-corrected chi connectivity index (χ1v) is 11.2. The van der Waals surface area contributed by atoms with E-state index >= 15 is 0 Å². The summed E-state index contributed by atoms with van der Waals surface area (Å²) in [4.78, 5) is 26.1. The molecule has 0 unspecified atom stereocenters. The van der Waals surface area contributed by atoms with Crippen molar-refractivity contribution in [3.05, 3.63) is 80.4 Å². The molecule has 2 heterocycles. The Morgan fingerprint density at radius 3 is 2.45 bits per heavy atom. The van der Waals surface area contributed by atoms with Gasteiger partial charge in [-0.05, 0) is 49.6 Å². The number of nitrogens with zero attached hydrogens (tertiary/aromatic N) is 1. The van der Waals surface area contributed by atoms with E-state index in [9.17, 15) is 18.0 Å². The Morgan fingerprint density at radius 2 is 1.79 bits per heavy atom. The fraction of sp³-hybridized carbons (Fsp3) is 0.200. The number of nitrogens with one attached hydrogen (secondary N) is 2. The van der Waals surface area contributed by atoms with Crippen molar-refractivity contribution in [2.24, 2.45) is 0 Å². The zero-order valence-corrected chi connectivity index (χ0v) is 17.6. The van der Waals surface area contributed by atoms with Gasteiger partial charge in [0.15, 0.2) is 0 Å². The highest BCUT2D eigenvalue weighted by molar-refractivity contribution is 7.92. The molecule has 0 aliphatic carbocycles. The SMILES string of the molecule is Cc1ccc(S(=O)(=O)Nc2ccc(C)n(CC(=O)NCc3cccs3)c2=O)cc1. The number of carbonyl (C=O) groups is 1. The summed E-state index contributed by atoms with van der Waals surface area (Å²) in [5.41, 5.74) is 0.795. The summed E-state index contributed by atoms with van der Waals surface area (Å²) in [5.74, 6) is -0.331. The van der Waals surface area contributed by atoms with Crippen LogP contribution in [-0.4, -0.2) is 18.9 Å². The minimum absolute atomic E-state index is 0.0586. The highest BCUT2D eigenvalue weighted by Crippen LogP contribution is 2.15. The average molecular weight is 432 g/mol. The maximum atomic E-state index is 12.8. The number of amides is 1. The van der Waals surface area contributed by atoms with Crippen molar-refractivity contribution < 1.29 is 13.2 Å². The fourth-order valence-corrected chi connectivity index (χ4v) is 4.37. The van der Waals surface area contributed by atoms with E-state index in [0.717, 1.165) is 10.4 Å². The standard InChI is InChI=1S/C20H21N3O4S2/c1-14-5-8-17(9-6-14)29(26,27)22-18-10-7-15(2)23(20(18)25)13-19(24)21-12-16-4-3-11-28-16/h3-11,22H,12-13H2,1-2H3,(H,21,24). The Kier molecular flexibility index (Phi) is 6.19. The Balaban J connectivity index is 1.78. The minimum Gasteiger partial charge on any atom is -0.350 e. The van der Waals surface area contributed by atoms with Crippen LogP contribution in [0.1, 0.15) is 16.1 Å². The maximum Gasteiger partial charge on any atom is 0.275 e. The number of benzene rings is 1. The van der Waals surface area contributed by atoms with Crippen molar-refractivity contribution in [2.75, 3.05) is 4.72 Å². The molecule has 0 aliphatic rings. The largest absolute Gasteiger partial charge is 0.350 e. The van der Waals surface area contributed by atoms with Gasteiger partial charge >= 0.3 is 0 Å². The third-order valence-corrected chi connectivity index (χ3v) is 6.57. The van der Waals surface area contributed by atoms with Gasteiger partial charge in [0, 0.05) is 10.6 Å². The van der Waals surface area contributed by atoms with Crippen molar-refractivity contribution in [2.45, 2.75) is 31.8 Å². The number of carbonyl (C=O) groups excluding carboxylic acids is 1. The van der Waals surface area contributed by atoms with Crippen LogP contribution in [0.5, 0.6) is 0 Å². The molecule has 0 bridgehead atoms. The third kappa shape index (κ3) is 5.12. The molecule has 3 aromatic rings. The predicted octanol–water partition coefficient (Wildman–Crippen LogP) is 2.64. The van der Waals surface area contributed by atoms with Gasteiger partial charge in [-0.15, -0.1) is 11.3 Å². The minimum atomic E-state index is -3.91. The maximum absolute atomic E-state index is 12.8. The molecular formula is C20H21N3O4S2. The molecule has 9 heteroatoms. The van der Waals surface area contributed by atoms with Crippen LogP contribution in [0, 0.1) is 13.8 Å². The molecule has 2 N–H and O–H groups in total. The van der Waals surface area contributed by atoms with Gasteiger partial charge < -0.3 is 9.88 Å². The van der Waals surface area contributed by atoms with Gasteiger partial charge in [0.2, 0.25) is 5.91 Å². The number of aromatic nitrogens is 1. The van der Waals surface area contributed by atoms with Crippen LogP contribution in [0.25, 0.3) is 0 Å². The monoisotopic (exact) mass is 431 g/mol. The molecule has 0 fully saturated rings. The lowest BCUT2D eigenvalue weighted by molar-refractivity contribution is -0.121. The molecule has 1 aromatic carbocycles. The number of aryl methyl sites for hydroxylation is 2. The second kappa shape index (κ2) is 8.62. The van der Waals surface area contributed by atoms with Gasteiger partial charge in [0.1, 0.15) is 12.2 Å². The molecule has 152 valence electrons. The van der Waals surface area contributed by atoms with Gasteiger partial charge in [0.05, 0.1) is 11.4 Å². The number of pyridine rings is 1. The van der Waals surface area contributed by atoms with Crippen molar-refractivity contribution in [3.63, 3.8) is 0 Å². The lowest BCUT2D eigenvalue weighted by Crippen LogP contribution is -2.34. The van der Waals surface area contributed by atoms with E-state index in [1.54, 1.807) is 25.1 Å². The number of sulfonamides is 1. The van der Waals surface area contributed by atoms with Crippen LogP contribution in [0.3, 0.4) is 0 Å². The molecule has 0 aliphatic heterocycles. The fourth-order valence-electron chi connectivity index (χ4n) is 2.66. The number of thiophene rings is 1. The van der Waals surface area contributed by atoms with Crippen molar-refractivity contribution in [3.8, 4) is 0 Å². The molecule has 3 rings (SSSR count). The van der Waals surface area contributed by atoms with Crippen molar-refractivity contribution >= 4 is 33.0 Å². The van der Waals surface area contributed by atoms with Gasteiger partial charge in [-0.3, -0.25) is 14.3 Å². The first-order chi connectivity index (χ1) is 13.8. The number of rotatable bonds is 7. The number of hydrogen-bond donors (Lipinski definition) is 2. The first kappa shape index (κ1) is 20.8. The van der Waals surface area contributed by atoms with Crippen LogP contribution in [0.4, 0.5) is 5.69 Å². The average Bonchev–Trinajstić information content (AvgIpc) is 3.20. The van der Waals surface area contributed by atoms with Crippen LogP contribution in [-0.2, 0) is 27.9 Å². The van der Waals surface area contributed by atoms with E-state index < -0.39 is 15.6 Å². The molecule has 0 spiro atoms. The van der Waals surface area contributed by atoms with Crippen molar-refractivity contribution in [1.82, 2.24) is 9.88 Å². The lowest BCUT2D eigenvalue weighted by atomic mass is 10.2. The van der Waals surface area contributed by atoms with E-state index in [4.69, 9.17) is 0 Å². The zero-order valence-electron chi connectivity index (χ0n) is 16.0. The predicted molar refractivity (Wildman–Crippen MR) is 114 cm³/mol. The van der Waals surface area contributed by atoms with Crippen molar-refractivity contribution in [1.29, 1.82) is 0 Å². The molecular weight excluding hydrogens is 410 g/mol.